The van der Waals surface area contributed by atoms with Crippen LogP contribution in [-0.4, -0.2) is 43.9 Å². The lowest BCUT2D eigenvalue weighted by Gasteiger charge is -2.34. The van der Waals surface area contributed by atoms with Gasteiger partial charge in [-0.25, -0.2) is 8.42 Å². The van der Waals surface area contributed by atoms with E-state index in [2.05, 4.69) is 5.32 Å². The molecule has 1 aliphatic rings. The van der Waals surface area contributed by atoms with Gasteiger partial charge in [-0.3, -0.25) is 4.79 Å². The highest BCUT2D eigenvalue weighted by atomic mass is 35.5. The number of anilines is 1. The molecule has 2 aromatic rings. The highest BCUT2D eigenvalue weighted by Gasteiger charge is 2.32. The Morgan fingerprint density at radius 2 is 1.59 bits per heavy atom. The molecular weight excluding hydrogens is 388 g/mol. The van der Waals surface area contributed by atoms with Gasteiger partial charge >= 0.3 is 0 Å². The summed E-state index contributed by atoms with van der Waals surface area (Å²) in [6, 6.07) is 12.7. The number of carbonyl (C=O) groups excluding carboxylic acids is 1. The summed E-state index contributed by atoms with van der Waals surface area (Å²) in [4.78, 5) is 12.5. The van der Waals surface area contributed by atoms with Gasteiger partial charge in [-0.15, -0.1) is 0 Å². The number of ether oxygens (including phenoxy) is 1. The van der Waals surface area contributed by atoms with Crippen LogP contribution in [0, 0.1) is 0 Å². The molecule has 6 nitrogen and oxygen atoms in total. The molecule has 8 heteroatoms. The normalized spacial score (nSPS) is 21.0. The number of rotatable bonds is 4. The van der Waals surface area contributed by atoms with Crippen molar-refractivity contribution in [3.05, 3.63) is 59.1 Å². The van der Waals surface area contributed by atoms with Gasteiger partial charge in [0.05, 0.1) is 17.1 Å². The topological polar surface area (TPSA) is 75.7 Å². The number of morpholine rings is 1. The molecule has 0 aliphatic carbocycles. The molecule has 1 heterocycles. The standard InChI is InChI=1S/C19H21ClN2O4S/c1-13-11-22(12-14(2)26-13)27(24,25)18-9-3-15(4-10-18)19(23)21-17-7-5-16(20)6-8-17/h3-10,13-14H,11-12H2,1-2H3,(H,21,23)/t13-,14-/m1/s1. The summed E-state index contributed by atoms with van der Waals surface area (Å²) in [5, 5.41) is 3.32. The molecule has 1 N–H and O–H groups in total. The number of hydrogen-bond donors (Lipinski definition) is 1. The third-order valence-corrected chi connectivity index (χ3v) is 6.34. The first kappa shape index (κ1) is 19.8. The number of nitrogens with one attached hydrogen (secondary N) is 1. The van der Waals surface area contributed by atoms with Crippen LogP contribution >= 0.6 is 11.6 Å². The third kappa shape index (κ3) is 4.68. The van der Waals surface area contributed by atoms with Gasteiger partial charge in [0.1, 0.15) is 0 Å². The first-order chi connectivity index (χ1) is 12.8. The summed E-state index contributed by atoms with van der Waals surface area (Å²) in [6.07, 6.45) is -0.319. The van der Waals surface area contributed by atoms with Crippen LogP contribution in [0.4, 0.5) is 5.69 Å². The highest BCUT2D eigenvalue weighted by molar-refractivity contribution is 7.89. The molecule has 3 rings (SSSR count). The van der Waals surface area contributed by atoms with Crippen LogP contribution in [0.5, 0.6) is 0 Å². The van der Waals surface area contributed by atoms with E-state index < -0.39 is 10.0 Å². The van der Waals surface area contributed by atoms with Gasteiger partial charge in [0.15, 0.2) is 0 Å². The molecule has 144 valence electrons. The Kier molecular flexibility index (Phi) is 5.86. The van der Waals surface area contributed by atoms with E-state index >= 15 is 0 Å². The monoisotopic (exact) mass is 408 g/mol. The van der Waals surface area contributed by atoms with E-state index in [9.17, 15) is 13.2 Å². The summed E-state index contributed by atoms with van der Waals surface area (Å²) < 4.78 is 32.7. The summed E-state index contributed by atoms with van der Waals surface area (Å²) in [5.74, 6) is -0.324. The number of sulfonamides is 1. The second kappa shape index (κ2) is 7.98. The first-order valence-corrected chi connectivity index (χ1v) is 10.4. The predicted molar refractivity (Wildman–Crippen MR) is 105 cm³/mol. The minimum Gasteiger partial charge on any atom is -0.373 e. The maximum atomic E-state index is 12.8. The van der Waals surface area contributed by atoms with Gasteiger partial charge in [-0.1, -0.05) is 11.6 Å². The van der Waals surface area contributed by atoms with Gasteiger partial charge in [0.25, 0.3) is 5.91 Å². The molecule has 2 atom stereocenters. The molecule has 1 aliphatic heterocycles. The molecule has 1 fully saturated rings. The van der Waals surface area contributed by atoms with Crippen molar-refractivity contribution in [2.75, 3.05) is 18.4 Å². The number of benzene rings is 2. The van der Waals surface area contributed by atoms with E-state index in [1.54, 1.807) is 24.3 Å². The van der Waals surface area contributed by atoms with E-state index in [-0.39, 0.29) is 23.0 Å². The predicted octanol–water partition coefficient (Wildman–Crippen LogP) is 3.39. The van der Waals surface area contributed by atoms with Crippen molar-refractivity contribution < 1.29 is 17.9 Å². The fourth-order valence-electron chi connectivity index (χ4n) is 2.99. The highest BCUT2D eigenvalue weighted by Crippen LogP contribution is 2.22. The lowest BCUT2D eigenvalue weighted by Crippen LogP contribution is -2.48. The van der Waals surface area contributed by atoms with Crippen LogP contribution in [-0.2, 0) is 14.8 Å². The fourth-order valence-corrected chi connectivity index (χ4v) is 4.71. The van der Waals surface area contributed by atoms with Gasteiger partial charge in [-0.2, -0.15) is 4.31 Å². The molecule has 0 aromatic heterocycles. The van der Waals surface area contributed by atoms with Crippen LogP contribution in [0.25, 0.3) is 0 Å². The zero-order chi connectivity index (χ0) is 19.6. The Morgan fingerprint density at radius 1 is 1.04 bits per heavy atom. The summed E-state index contributed by atoms with van der Waals surface area (Å²) in [7, 11) is -3.63. The fraction of sp³-hybridized carbons (Fsp3) is 0.316. The van der Waals surface area contributed by atoms with Gasteiger partial charge in [-0.05, 0) is 62.4 Å². The van der Waals surface area contributed by atoms with Crippen molar-refractivity contribution >= 4 is 33.2 Å². The average molecular weight is 409 g/mol. The molecule has 2 aromatic carbocycles. The van der Waals surface area contributed by atoms with E-state index in [0.29, 0.717) is 29.4 Å². The molecule has 27 heavy (non-hydrogen) atoms. The summed E-state index contributed by atoms with van der Waals surface area (Å²) >= 11 is 5.83. The van der Waals surface area contributed by atoms with Crippen LogP contribution < -0.4 is 5.32 Å². The number of hydrogen-bond acceptors (Lipinski definition) is 4. The third-order valence-electron chi connectivity index (χ3n) is 4.24. The average Bonchev–Trinajstić information content (AvgIpc) is 2.63. The Balaban J connectivity index is 1.74. The lowest BCUT2D eigenvalue weighted by molar-refractivity contribution is -0.0440. The number of amides is 1. The maximum Gasteiger partial charge on any atom is 0.255 e. The molecule has 1 amide bonds. The summed E-state index contributed by atoms with van der Waals surface area (Å²) in [6.45, 7) is 4.32. The zero-order valence-electron chi connectivity index (χ0n) is 15.1. The minimum atomic E-state index is -3.63. The van der Waals surface area contributed by atoms with Gasteiger partial charge < -0.3 is 10.1 Å². The number of halogens is 1. The van der Waals surface area contributed by atoms with Crippen LogP contribution in [0.1, 0.15) is 24.2 Å². The molecule has 0 radical (unpaired) electrons. The quantitative estimate of drug-likeness (QED) is 0.841. The Morgan fingerprint density at radius 3 is 2.15 bits per heavy atom. The van der Waals surface area contributed by atoms with E-state index in [1.807, 2.05) is 13.8 Å². The van der Waals surface area contributed by atoms with Crippen LogP contribution in [0.15, 0.2) is 53.4 Å². The molecule has 0 unspecified atom stereocenters. The van der Waals surface area contributed by atoms with Crippen molar-refractivity contribution in [1.82, 2.24) is 4.31 Å². The van der Waals surface area contributed by atoms with Crippen molar-refractivity contribution in [3.8, 4) is 0 Å². The Hall–Kier alpha value is -1.93. The first-order valence-electron chi connectivity index (χ1n) is 8.58. The second-order valence-electron chi connectivity index (χ2n) is 6.56. The summed E-state index contributed by atoms with van der Waals surface area (Å²) in [5.41, 5.74) is 0.977. The molecule has 0 spiro atoms. The smallest absolute Gasteiger partial charge is 0.255 e. The van der Waals surface area contributed by atoms with Crippen molar-refractivity contribution in [2.45, 2.75) is 31.0 Å². The molecule has 0 saturated carbocycles. The van der Waals surface area contributed by atoms with Crippen molar-refractivity contribution in [1.29, 1.82) is 0 Å². The minimum absolute atomic E-state index is 0.159. The van der Waals surface area contributed by atoms with Gasteiger partial charge in [0.2, 0.25) is 10.0 Å². The number of nitrogens with zero attached hydrogens (tertiary/aromatic N) is 1. The second-order valence-corrected chi connectivity index (χ2v) is 8.94. The van der Waals surface area contributed by atoms with E-state index in [0.717, 1.165) is 0 Å². The zero-order valence-corrected chi connectivity index (χ0v) is 16.6. The van der Waals surface area contributed by atoms with Crippen molar-refractivity contribution in [3.63, 3.8) is 0 Å². The van der Waals surface area contributed by atoms with E-state index in [1.165, 1.54) is 28.6 Å². The van der Waals surface area contributed by atoms with Crippen LogP contribution in [0.3, 0.4) is 0 Å². The SMILES string of the molecule is C[C@@H]1CN(S(=O)(=O)c2ccc(C(=O)Nc3ccc(Cl)cc3)cc2)C[C@@H](C)O1. The van der Waals surface area contributed by atoms with Crippen LogP contribution in [0.2, 0.25) is 5.02 Å². The largest absolute Gasteiger partial charge is 0.373 e. The Bertz CT molecular complexity index is 904. The molecule has 1 saturated heterocycles. The van der Waals surface area contributed by atoms with E-state index in [4.69, 9.17) is 16.3 Å². The molecular formula is C19H21ClN2O4S. The maximum absolute atomic E-state index is 12.8. The lowest BCUT2D eigenvalue weighted by atomic mass is 10.2. The van der Waals surface area contributed by atoms with Crippen molar-refractivity contribution in [2.24, 2.45) is 0 Å². The molecule has 0 bridgehead atoms. The van der Waals surface area contributed by atoms with Gasteiger partial charge in [0, 0.05) is 29.4 Å². The Labute approximate surface area is 164 Å². The number of carbonyl (C=O) groups is 1.